The van der Waals surface area contributed by atoms with Crippen molar-refractivity contribution in [2.75, 3.05) is 0 Å². The summed E-state index contributed by atoms with van der Waals surface area (Å²) in [6, 6.07) is 3.96. The lowest BCUT2D eigenvalue weighted by Crippen LogP contribution is -2.31. The molecule has 1 aliphatic carbocycles. The molecule has 1 aromatic rings. The Kier molecular flexibility index (Phi) is 2.48. The summed E-state index contributed by atoms with van der Waals surface area (Å²) in [5.74, 6) is -0.204. The summed E-state index contributed by atoms with van der Waals surface area (Å²) in [7, 11) is 0. The van der Waals surface area contributed by atoms with E-state index in [0.29, 0.717) is 5.92 Å². The molecular formula is C11H13NO2. The predicted molar refractivity (Wildman–Crippen MR) is 51.8 cm³/mol. The van der Waals surface area contributed by atoms with Crippen molar-refractivity contribution in [2.45, 2.75) is 19.3 Å². The lowest BCUT2D eigenvalue weighted by atomic mass is 9.72. The van der Waals surface area contributed by atoms with E-state index >= 15 is 0 Å². The molecule has 1 aliphatic rings. The molecule has 0 spiro atoms. The fraction of sp³-hybridized carbons (Fsp3) is 0.455. The van der Waals surface area contributed by atoms with E-state index in [1.54, 1.807) is 6.20 Å². The van der Waals surface area contributed by atoms with Gasteiger partial charge in [-0.1, -0.05) is 6.07 Å². The van der Waals surface area contributed by atoms with Gasteiger partial charge in [0.1, 0.15) is 0 Å². The maximum Gasteiger partial charge on any atom is 0.306 e. The van der Waals surface area contributed by atoms with Crippen LogP contribution in [0.15, 0.2) is 24.5 Å². The molecule has 2 rings (SSSR count). The van der Waals surface area contributed by atoms with E-state index in [1.165, 1.54) is 5.56 Å². The third kappa shape index (κ3) is 1.92. The van der Waals surface area contributed by atoms with Crippen LogP contribution < -0.4 is 0 Å². The van der Waals surface area contributed by atoms with Crippen molar-refractivity contribution >= 4 is 5.97 Å². The van der Waals surface area contributed by atoms with Gasteiger partial charge in [0.05, 0.1) is 5.92 Å². The molecule has 1 aromatic heterocycles. The van der Waals surface area contributed by atoms with Gasteiger partial charge < -0.3 is 5.11 Å². The topological polar surface area (TPSA) is 50.2 Å². The molecule has 74 valence electrons. The second-order valence-corrected chi connectivity index (χ2v) is 3.94. The number of carbonyl (C=O) groups is 1. The highest BCUT2D eigenvalue weighted by atomic mass is 16.4. The molecule has 0 aromatic carbocycles. The van der Waals surface area contributed by atoms with E-state index in [9.17, 15) is 4.79 Å². The number of carboxylic acids is 1. The second-order valence-electron chi connectivity index (χ2n) is 3.94. The monoisotopic (exact) mass is 191 g/mol. The van der Waals surface area contributed by atoms with Crippen molar-refractivity contribution in [1.82, 2.24) is 4.98 Å². The third-order valence-electron chi connectivity index (χ3n) is 2.83. The van der Waals surface area contributed by atoms with Gasteiger partial charge in [-0.3, -0.25) is 9.78 Å². The Hall–Kier alpha value is -1.38. The van der Waals surface area contributed by atoms with Crippen molar-refractivity contribution < 1.29 is 9.90 Å². The SMILES string of the molecule is O=C(O)C1CC(Cc2cccnc2)C1. The van der Waals surface area contributed by atoms with Gasteiger partial charge in [-0.25, -0.2) is 0 Å². The maximum atomic E-state index is 10.6. The number of nitrogens with zero attached hydrogens (tertiary/aromatic N) is 1. The summed E-state index contributed by atoms with van der Waals surface area (Å²) in [5.41, 5.74) is 1.21. The Balaban J connectivity index is 1.82. The molecule has 3 heteroatoms. The molecule has 14 heavy (non-hydrogen) atoms. The molecule has 0 aliphatic heterocycles. The fourth-order valence-corrected chi connectivity index (χ4v) is 1.96. The van der Waals surface area contributed by atoms with E-state index in [1.807, 2.05) is 18.3 Å². The van der Waals surface area contributed by atoms with Gasteiger partial charge >= 0.3 is 5.97 Å². The zero-order chi connectivity index (χ0) is 9.97. The highest BCUT2D eigenvalue weighted by Crippen LogP contribution is 2.35. The smallest absolute Gasteiger partial charge is 0.306 e. The van der Waals surface area contributed by atoms with Gasteiger partial charge in [0.2, 0.25) is 0 Å². The first-order valence-corrected chi connectivity index (χ1v) is 4.87. The van der Waals surface area contributed by atoms with Gasteiger partial charge in [-0.2, -0.15) is 0 Å². The Bertz CT molecular complexity index is 317. The van der Waals surface area contributed by atoms with Gasteiger partial charge in [-0.05, 0) is 36.8 Å². The molecular weight excluding hydrogens is 178 g/mol. The van der Waals surface area contributed by atoms with Crippen LogP contribution in [0.1, 0.15) is 18.4 Å². The Morgan fingerprint density at radius 2 is 2.36 bits per heavy atom. The fourth-order valence-electron chi connectivity index (χ4n) is 1.96. The molecule has 0 unspecified atom stereocenters. The quantitative estimate of drug-likeness (QED) is 0.791. The normalized spacial score (nSPS) is 25.4. The average molecular weight is 191 g/mol. The first-order valence-electron chi connectivity index (χ1n) is 4.87. The first kappa shape index (κ1) is 9.19. The van der Waals surface area contributed by atoms with Crippen LogP contribution in [0.2, 0.25) is 0 Å². The predicted octanol–water partition coefficient (Wildman–Crippen LogP) is 1.73. The summed E-state index contributed by atoms with van der Waals surface area (Å²) in [6.07, 6.45) is 6.23. The van der Waals surface area contributed by atoms with Crippen LogP contribution in [0, 0.1) is 11.8 Å². The highest BCUT2D eigenvalue weighted by molar-refractivity contribution is 5.71. The summed E-state index contributed by atoms with van der Waals surface area (Å²) in [5, 5.41) is 8.70. The minimum Gasteiger partial charge on any atom is -0.481 e. The molecule has 0 atom stereocenters. The maximum absolute atomic E-state index is 10.6. The van der Waals surface area contributed by atoms with Crippen molar-refractivity contribution in [1.29, 1.82) is 0 Å². The van der Waals surface area contributed by atoms with Crippen molar-refractivity contribution in [3.63, 3.8) is 0 Å². The Labute approximate surface area is 82.8 Å². The van der Waals surface area contributed by atoms with Crippen molar-refractivity contribution in [3.05, 3.63) is 30.1 Å². The van der Waals surface area contributed by atoms with Gasteiger partial charge in [0.25, 0.3) is 0 Å². The number of carboxylic acid groups (broad SMARTS) is 1. The third-order valence-corrected chi connectivity index (χ3v) is 2.83. The molecule has 3 nitrogen and oxygen atoms in total. The minimum atomic E-state index is -0.646. The van der Waals surface area contributed by atoms with Crippen LogP contribution in [-0.2, 0) is 11.2 Å². The van der Waals surface area contributed by atoms with Crippen LogP contribution in [0.5, 0.6) is 0 Å². The molecule has 1 saturated carbocycles. The standard InChI is InChI=1S/C11H13NO2/c13-11(14)10-5-9(6-10)4-8-2-1-3-12-7-8/h1-3,7,9-10H,4-6H2,(H,13,14). The van der Waals surface area contributed by atoms with Crippen molar-refractivity contribution in [2.24, 2.45) is 11.8 Å². The molecule has 1 fully saturated rings. The van der Waals surface area contributed by atoms with Crippen LogP contribution in [0.3, 0.4) is 0 Å². The van der Waals surface area contributed by atoms with E-state index in [0.717, 1.165) is 19.3 Å². The number of hydrogen-bond donors (Lipinski definition) is 1. The summed E-state index contributed by atoms with van der Waals surface area (Å²) < 4.78 is 0. The lowest BCUT2D eigenvalue weighted by Gasteiger charge is -2.32. The van der Waals surface area contributed by atoms with Crippen LogP contribution in [0.25, 0.3) is 0 Å². The van der Waals surface area contributed by atoms with Crippen LogP contribution in [0.4, 0.5) is 0 Å². The van der Waals surface area contributed by atoms with E-state index < -0.39 is 5.97 Å². The number of pyridine rings is 1. The minimum absolute atomic E-state index is 0.100. The average Bonchev–Trinajstić information content (AvgIpc) is 2.12. The van der Waals surface area contributed by atoms with E-state index in [4.69, 9.17) is 5.11 Å². The van der Waals surface area contributed by atoms with E-state index in [2.05, 4.69) is 4.98 Å². The molecule has 0 amide bonds. The number of hydrogen-bond acceptors (Lipinski definition) is 2. The van der Waals surface area contributed by atoms with Gasteiger partial charge in [0.15, 0.2) is 0 Å². The highest BCUT2D eigenvalue weighted by Gasteiger charge is 2.34. The summed E-state index contributed by atoms with van der Waals surface area (Å²) >= 11 is 0. The van der Waals surface area contributed by atoms with Gasteiger partial charge in [-0.15, -0.1) is 0 Å². The molecule has 0 radical (unpaired) electrons. The Morgan fingerprint density at radius 1 is 1.57 bits per heavy atom. The summed E-state index contributed by atoms with van der Waals surface area (Å²) in [4.78, 5) is 14.6. The Morgan fingerprint density at radius 3 is 2.93 bits per heavy atom. The zero-order valence-electron chi connectivity index (χ0n) is 7.89. The number of rotatable bonds is 3. The van der Waals surface area contributed by atoms with Gasteiger partial charge in [0, 0.05) is 12.4 Å². The molecule has 0 saturated heterocycles. The van der Waals surface area contributed by atoms with E-state index in [-0.39, 0.29) is 5.92 Å². The second kappa shape index (κ2) is 3.78. The number of aliphatic carboxylic acids is 1. The zero-order valence-corrected chi connectivity index (χ0v) is 7.89. The van der Waals surface area contributed by atoms with Crippen molar-refractivity contribution in [3.8, 4) is 0 Å². The van der Waals surface area contributed by atoms with Crippen LogP contribution in [-0.4, -0.2) is 16.1 Å². The van der Waals surface area contributed by atoms with Crippen LogP contribution >= 0.6 is 0 Å². The number of aromatic nitrogens is 1. The summed E-state index contributed by atoms with van der Waals surface area (Å²) in [6.45, 7) is 0. The molecule has 0 bridgehead atoms. The largest absolute Gasteiger partial charge is 0.481 e. The first-order chi connectivity index (χ1) is 6.75. The molecule has 1 heterocycles. The molecule has 1 N–H and O–H groups in total. The lowest BCUT2D eigenvalue weighted by molar-refractivity contribution is -0.146.